The molecule has 3 heterocycles. The van der Waals surface area contributed by atoms with Crippen LogP contribution in [0.4, 0.5) is 0 Å². The van der Waals surface area contributed by atoms with Crippen molar-refractivity contribution in [2.45, 2.75) is 12.5 Å². The SMILES string of the molecule is O=S(=O)(N1CCOCC1)N1CC[C@H](Oc2ncccc2Br)C1. The molecule has 0 unspecified atom stereocenters. The molecule has 2 fully saturated rings. The second-order valence-corrected chi connectivity index (χ2v) is 7.98. The number of morpholine rings is 1. The van der Waals surface area contributed by atoms with Crippen LogP contribution in [-0.4, -0.2) is 67.5 Å². The Kier molecular flexibility index (Phi) is 4.98. The molecular weight excluding hydrogens is 374 g/mol. The van der Waals surface area contributed by atoms with Gasteiger partial charge in [0.15, 0.2) is 0 Å². The fourth-order valence-electron chi connectivity index (χ4n) is 2.56. The van der Waals surface area contributed by atoms with Crippen LogP contribution in [0.5, 0.6) is 5.88 Å². The van der Waals surface area contributed by atoms with Crippen molar-refractivity contribution in [1.29, 1.82) is 0 Å². The van der Waals surface area contributed by atoms with Gasteiger partial charge >= 0.3 is 0 Å². The summed E-state index contributed by atoms with van der Waals surface area (Å²) in [5, 5.41) is 0. The lowest BCUT2D eigenvalue weighted by Crippen LogP contribution is -2.48. The number of rotatable bonds is 4. The van der Waals surface area contributed by atoms with Crippen LogP contribution in [0.2, 0.25) is 0 Å². The van der Waals surface area contributed by atoms with Gasteiger partial charge in [-0.2, -0.15) is 17.0 Å². The van der Waals surface area contributed by atoms with Crippen LogP contribution in [0.1, 0.15) is 6.42 Å². The van der Waals surface area contributed by atoms with Gasteiger partial charge in [0.2, 0.25) is 5.88 Å². The summed E-state index contributed by atoms with van der Waals surface area (Å²) in [4.78, 5) is 4.15. The number of pyridine rings is 1. The highest BCUT2D eigenvalue weighted by molar-refractivity contribution is 9.10. The Labute approximate surface area is 138 Å². The molecule has 0 N–H and O–H groups in total. The van der Waals surface area contributed by atoms with Crippen molar-refractivity contribution < 1.29 is 17.9 Å². The van der Waals surface area contributed by atoms with Crippen LogP contribution >= 0.6 is 15.9 Å². The van der Waals surface area contributed by atoms with E-state index in [1.54, 1.807) is 12.3 Å². The molecule has 122 valence electrons. The second kappa shape index (κ2) is 6.79. The van der Waals surface area contributed by atoms with E-state index in [2.05, 4.69) is 20.9 Å². The van der Waals surface area contributed by atoms with Crippen LogP contribution < -0.4 is 4.74 Å². The molecule has 7 nitrogen and oxygen atoms in total. The standard InChI is InChI=1S/C13H18BrN3O4S/c14-12-2-1-4-15-13(12)21-11-3-5-17(10-11)22(18,19)16-6-8-20-9-7-16/h1-2,4,11H,3,5-10H2/t11-/m0/s1. The lowest BCUT2D eigenvalue weighted by molar-refractivity contribution is 0.0703. The largest absolute Gasteiger partial charge is 0.472 e. The molecule has 2 saturated heterocycles. The van der Waals surface area contributed by atoms with Crippen LogP contribution in [0.25, 0.3) is 0 Å². The third-order valence-electron chi connectivity index (χ3n) is 3.73. The van der Waals surface area contributed by atoms with Crippen molar-refractivity contribution in [3.63, 3.8) is 0 Å². The average Bonchev–Trinajstić information content (AvgIpc) is 3.00. The first-order valence-corrected chi connectivity index (χ1v) is 9.36. The van der Waals surface area contributed by atoms with Gasteiger partial charge in [-0.1, -0.05) is 0 Å². The first-order valence-electron chi connectivity index (χ1n) is 7.17. The quantitative estimate of drug-likeness (QED) is 0.761. The lowest BCUT2D eigenvalue weighted by Gasteiger charge is -2.30. The maximum atomic E-state index is 12.6. The molecule has 0 aliphatic carbocycles. The van der Waals surface area contributed by atoms with Crippen molar-refractivity contribution >= 4 is 26.1 Å². The summed E-state index contributed by atoms with van der Waals surface area (Å²) in [6.07, 6.45) is 2.13. The Bertz CT molecular complexity index is 621. The molecule has 0 amide bonds. The fraction of sp³-hybridized carbons (Fsp3) is 0.615. The number of halogens is 1. The molecule has 1 atom stereocenters. The van der Waals surface area contributed by atoms with Crippen molar-refractivity contribution in [1.82, 2.24) is 13.6 Å². The average molecular weight is 392 g/mol. The Balaban J connectivity index is 1.63. The molecular formula is C13H18BrN3O4S. The fourth-order valence-corrected chi connectivity index (χ4v) is 4.54. The third kappa shape index (κ3) is 3.43. The Hall–Kier alpha value is -0.740. The molecule has 0 aromatic carbocycles. The highest BCUT2D eigenvalue weighted by Gasteiger charge is 2.37. The highest BCUT2D eigenvalue weighted by atomic mass is 79.9. The smallest absolute Gasteiger partial charge is 0.282 e. The van der Waals surface area contributed by atoms with Crippen molar-refractivity contribution in [2.24, 2.45) is 0 Å². The topological polar surface area (TPSA) is 72.0 Å². The normalized spacial score (nSPS) is 24.5. The molecule has 0 bridgehead atoms. The van der Waals surface area contributed by atoms with E-state index in [-0.39, 0.29) is 6.10 Å². The zero-order chi connectivity index (χ0) is 15.6. The minimum absolute atomic E-state index is 0.179. The van der Waals surface area contributed by atoms with Gasteiger partial charge in [0.25, 0.3) is 10.2 Å². The van der Waals surface area contributed by atoms with E-state index in [4.69, 9.17) is 9.47 Å². The monoisotopic (exact) mass is 391 g/mol. The highest BCUT2D eigenvalue weighted by Crippen LogP contribution is 2.26. The predicted octanol–water partition coefficient (Wildman–Crippen LogP) is 0.874. The number of aromatic nitrogens is 1. The predicted molar refractivity (Wildman–Crippen MR) is 83.9 cm³/mol. The second-order valence-electron chi connectivity index (χ2n) is 5.20. The molecule has 9 heteroatoms. The number of hydrogen-bond donors (Lipinski definition) is 0. The number of nitrogens with zero attached hydrogens (tertiary/aromatic N) is 3. The van der Waals surface area contributed by atoms with Crippen LogP contribution in [0, 0.1) is 0 Å². The van der Waals surface area contributed by atoms with E-state index in [0.29, 0.717) is 51.7 Å². The van der Waals surface area contributed by atoms with Crippen LogP contribution in [0.15, 0.2) is 22.8 Å². The van der Waals surface area contributed by atoms with Gasteiger partial charge in [-0.3, -0.25) is 0 Å². The summed E-state index contributed by atoms with van der Waals surface area (Å²) in [5.74, 6) is 0.498. The minimum Gasteiger partial charge on any atom is -0.472 e. The molecule has 1 aromatic heterocycles. The van der Waals surface area contributed by atoms with Gasteiger partial charge in [-0.25, -0.2) is 4.98 Å². The molecule has 2 aliphatic heterocycles. The lowest BCUT2D eigenvalue weighted by atomic mass is 10.3. The van der Waals surface area contributed by atoms with Gasteiger partial charge in [0, 0.05) is 25.8 Å². The van der Waals surface area contributed by atoms with Crippen molar-refractivity contribution in [3.8, 4) is 5.88 Å². The zero-order valence-electron chi connectivity index (χ0n) is 12.0. The summed E-state index contributed by atoms with van der Waals surface area (Å²) in [6, 6.07) is 3.65. The summed E-state index contributed by atoms with van der Waals surface area (Å²) < 4.78 is 39.9. The minimum atomic E-state index is -3.42. The number of hydrogen-bond acceptors (Lipinski definition) is 5. The van der Waals surface area contributed by atoms with E-state index in [1.807, 2.05) is 6.07 Å². The van der Waals surface area contributed by atoms with Gasteiger partial charge < -0.3 is 9.47 Å². The van der Waals surface area contributed by atoms with E-state index in [9.17, 15) is 8.42 Å². The first kappa shape index (κ1) is 16.1. The van der Waals surface area contributed by atoms with E-state index in [0.717, 1.165) is 4.47 Å². The molecule has 22 heavy (non-hydrogen) atoms. The van der Waals surface area contributed by atoms with E-state index in [1.165, 1.54) is 8.61 Å². The maximum Gasteiger partial charge on any atom is 0.282 e. The molecule has 1 aromatic rings. The maximum absolute atomic E-state index is 12.6. The summed E-state index contributed by atoms with van der Waals surface area (Å²) in [6.45, 7) is 2.55. The molecule has 0 spiro atoms. The van der Waals surface area contributed by atoms with Gasteiger partial charge in [-0.05, 0) is 34.5 Å². The summed E-state index contributed by atoms with van der Waals surface area (Å²) in [7, 11) is -3.42. The zero-order valence-corrected chi connectivity index (χ0v) is 14.4. The Morgan fingerprint density at radius 1 is 1.27 bits per heavy atom. The van der Waals surface area contributed by atoms with E-state index < -0.39 is 10.2 Å². The summed E-state index contributed by atoms with van der Waals surface area (Å²) >= 11 is 3.38. The number of ether oxygens (including phenoxy) is 2. The van der Waals surface area contributed by atoms with Gasteiger partial charge in [0.05, 0.1) is 24.2 Å². The Morgan fingerprint density at radius 2 is 2.05 bits per heavy atom. The third-order valence-corrected chi connectivity index (χ3v) is 6.34. The van der Waals surface area contributed by atoms with E-state index >= 15 is 0 Å². The molecule has 2 aliphatic rings. The van der Waals surface area contributed by atoms with Crippen LogP contribution in [-0.2, 0) is 14.9 Å². The Morgan fingerprint density at radius 3 is 2.77 bits per heavy atom. The molecule has 0 saturated carbocycles. The first-order chi connectivity index (χ1) is 10.6. The molecule has 0 radical (unpaired) electrons. The summed E-state index contributed by atoms with van der Waals surface area (Å²) in [5.41, 5.74) is 0. The van der Waals surface area contributed by atoms with Crippen molar-refractivity contribution in [2.75, 3.05) is 39.4 Å². The van der Waals surface area contributed by atoms with Crippen LogP contribution in [0.3, 0.4) is 0 Å². The van der Waals surface area contributed by atoms with Gasteiger partial charge in [0.1, 0.15) is 6.10 Å². The molecule has 3 rings (SSSR count). The van der Waals surface area contributed by atoms with Gasteiger partial charge in [-0.15, -0.1) is 0 Å². The van der Waals surface area contributed by atoms with Crippen molar-refractivity contribution in [3.05, 3.63) is 22.8 Å².